The number of H-pyrrole nitrogens is 1. The third-order valence-corrected chi connectivity index (χ3v) is 3.65. The van der Waals surface area contributed by atoms with Crippen LogP contribution in [0.4, 0.5) is 5.69 Å². The second-order valence-electron chi connectivity index (χ2n) is 4.91. The third kappa shape index (κ3) is 2.71. The lowest BCUT2D eigenvalue weighted by Gasteiger charge is -2.05. The standard InChI is InChI=1S/C17H15N3OS/c1-12-15(16(22)18-13-8-4-2-5-9-13)17(21)20(19-12)14-10-6-3-7-11-14/h2-11,19H,1H3,(H,18,22). The number of rotatable bonds is 3. The van der Waals surface area contributed by atoms with E-state index in [0.717, 1.165) is 17.1 Å². The van der Waals surface area contributed by atoms with Crippen LogP contribution in [0, 0.1) is 6.92 Å². The van der Waals surface area contributed by atoms with Gasteiger partial charge in [-0.05, 0) is 31.2 Å². The van der Waals surface area contributed by atoms with Gasteiger partial charge in [-0.2, -0.15) is 0 Å². The first-order valence-electron chi connectivity index (χ1n) is 6.90. The van der Waals surface area contributed by atoms with Crippen LogP contribution in [0.5, 0.6) is 0 Å². The average Bonchev–Trinajstić information content (AvgIpc) is 2.84. The highest BCUT2D eigenvalue weighted by Crippen LogP contribution is 2.11. The van der Waals surface area contributed by atoms with Gasteiger partial charge in [0.05, 0.1) is 11.3 Å². The highest BCUT2D eigenvalue weighted by atomic mass is 32.1. The van der Waals surface area contributed by atoms with Crippen LogP contribution in [0.1, 0.15) is 11.3 Å². The summed E-state index contributed by atoms with van der Waals surface area (Å²) in [4.78, 5) is 13.0. The lowest BCUT2D eigenvalue weighted by atomic mass is 10.2. The van der Waals surface area contributed by atoms with E-state index in [2.05, 4.69) is 10.4 Å². The van der Waals surface area contributed by atoms with Crippen molar-refractivity contribution in [3.05, 3.63) is 82.3 Å². The van der Waals surface area contributed by atoms with Gasteiger partial charge in [-0.3, -0.25) is 9.89 Å². The fourth-order valence-electron chi connectivity index (χ4n) is 2.29. The van der Waals surface area contributed by atoms with Gasteiger partial charge < -0.3 is 5.32 Å². The van der Waals surface area contributed by atoms with Crippen LogP contribution in [0.25, 0.3) is 5.69 Å². The molecule has 0 aliphatic rings. The Balaban J connectivity index is 1.97. The SMILES string of the molecule is Cc1[nH]n(-c2ccccc2)c(=O)c1C(=S)Nc1ccccc1. The number of nitrogens with zero attached hydrogens (tertiary/aromatic N) is 1. The number of anilines is 1. The van der Waals surface area contributed by atoms with E-state index in [0.29, 0.717) is 10.6 Å². The van der Waals surface area contributed by atoms with Crippen LogP contribution in [0.3, 0.4) is 0 Å². The monoisotopic (exact) mass is 309 g/mol. The molecular weight excluding hydrogens is 294 g/mol. The smallest absolute Gasteiger partial charge is 0.281 e. The van der Waals surface area contributed by atoms with Gasteiger partial charge >= 0.3 is 0 Å². The maximum atomic E-state index is 12.6. The van der Waals surface area contributed by atoms with Crippen molar-refractivity contribution < 1.29 is 0 Å². The molecule has 0 radical (unpaired) electrons. The van der Waals surface area contributed by atoms with E-state index in [1.165, 1.54) is 4.68 Å². The molecule has 0 fully saturated rings. The third-order valence-electron chi connectivity index (χ3n) is 3.34. The van der Waals surface area contributed by atoms with Crippen molar-refractivity contribution in [1.82, 2.24) is 9.78 Å². The molecule has 3 rings (SSSR count). The van der Waals surface area contributed by atoms with E-state index < -0.39 is 0 Å². The predicted octanol–water partition coefficient (Wildman–Crippen LogP) is 3.26. The van der Waals surface area contributed by atoms with Crippen LogP contribution in [0.15, 0.2) is 65.5 Å². The summed E-state index contributed by atoms with van der Waals surface area (Å²) >= 11 is 5.40. The zero-order valence-corrected chi connectivity index (χ0v) is 12.9. The Labute approximate surface area is 133 Å². The first kappa shape index (κ1) is 14.3. The number of benzene rings is 2. The van der Waals surface area contributed by atoms with Gasteiger partial charge in [-0.15, -0.1) is 0 Å². The number of aryl methyl sites for hydroxylation is 1. The Morgan fingerprint density at radius 2 is 1.64 bits per heavy atom. The van der Waals surface area contributed by atoms with Gasteiger partial charge in [0.1, 0.15) is 4.99 Å². The number of aromatic nitrogens is 2. The minimum Gasteiger partial charge on any atom is -0.346 e. The van der Waals surface area contributed by atoms with E-state index in [-0.39, 0.29) is 5.56 Å². The number of hydrogen-bond acceptors (Lipinski definition) is 2. The summed E-state index contributed by atoms with van der Waals surface area (Å²) in [7, 11) is 0. The van der Waals surface area contributed by atoms with Gasteiger partial charge in [0.15, 0.2) is 0 Å². The predicted molar refractivity (Wildman–Crippen MR) is 92.9 cm³/mol. The second-order valence-corrected chi connectivity index (χ2v) is 5.32. The molecule has 0 saturated heterocycles. The maximum absolute atomic E-state index is 12.6. The van der Waals surface area contributed by atoms with Crippen molar-refractivity contribution in [3.63, 3.8) is 0 Å². The molecule has 2 aromatic carbocycles. The highest BCUT2D eigenvalue weighted by molar-refractivity contribution is 7.81. The highest BCUT2D eigenvalue weighted by Gasteiger charge is 2.16. The van der Waals surface area contributed by atoms with Crippen molar-refractivity contribution in [2.45, 2.75) is 6.92 Å². The molecule has 0 amide bonds. The molecule has 1 heterocycles. The van der Waals surface area contributed by atoms with Crippen LogP contribution in [0.2, 0.25) is 0 Å². The van der Waals surface area contributed by atoms with Crippen molar-refractivity contribution in [2.24, 2.45) is 0 Å². The first-order valence-corrected chi connectivity index (χ1v) is 7.31. The molecule has 5 heteroatoms. The summed E-state index contributed by atoms with van der Waals surface area (Å²) in [5, 5.41) is 6.18. The molecule has 0 saturated carbocycles. The van der Waals surface area contributed by atoms with Crippen LogP contribution < -0.4 is 10.9 Å². The Morgan fingerprint density at radius 3 is 2.27 bits per heavy atom. The molecule has 3 aromatic rings. The Bertz CT molecular complexity index is 851. The number of hydrogen-bond donors (Lipinski definition) is 2. The molecule has 22 heavy (non-hydrogen) atoms. The normalized spacial score (nSPS) is 10.4. The summed E-state index contributed by atoms with van der Waals surface area (Å²) < 4.78 is 1.50. The summed E-state index contributed by atoms with van der Waals surface area (Å²) in [6.07, 6.45) is 0. The fraction of sp³-hybridized carbons (Fsp3) is 0.0588. The number of para-hydroxylation sites is 2. The zero-order chi connectivity index (χ0) is 15.5. The lowest BCUT2D eigenvalue weighted by Crippen LogP contribution is -2.23. The molecule has 0 aliphatic heterocycles. The summed E-state index contributed by atoms with van der Waals surface area (Å²) in [5.74, 6) is 0. The minimum absolute atomic E-state index is 0.155. The molecule has 4 nitrogen and oxygen atoms in total. The number of thiocarbonyl (C=S) groups is 1. The molecule has 0 bridgehead atoms. The number of aromatic amines is 1. The van der Waals surface area contributed by atoms with Gasteiger partial charge in [0.25, 0.3) is 5.56 Å². The largest absolute Gasteiger partial charge is 0.346 e. The summed E-state index contributed by atoms with van der Waals surface area (Å²) in [6, 6.07) is 19.0. The molecule has 0 spiro atoms. The van der Waals surface area contributed by atoms with E-state index in [1.54, 1.807) is 0 Å². The van der Waals surface area contributed by atoms with Crippen molar-refractivity contribution in [1.29, 1.82) is 0 Å². The molecule has 0 unspecified atom stereocenters. The number of nitrogens with one attached hydrogen (secondary N) is 2. The van der Waals surface area contributed by atoms with E-state index in [1.807, 2.05) is 67.6 Å². The van der Waals surface area contributed by atoms with E-state index in [4.69, 9.17) is 12.2 Å². The van der Waals surface area contributed by atoms with Gasteiger partial charge in [0.2, 0.25) is 0 Å². The van der Waals surface area contributed by atoms with E-state index in [9.17, 15) is 4.79 Å². The molecule has 2 N–H and O–H groups in total. The fourth-order valence-corrected chi connectivity index (χ4v) is 2.65. The molecule has 0 aliphatic carbocycles. The van der Waals surface area contributed by atoms with Crippen LogP contribution >= 0.6 is 12.2 Å². The van der Waals surface area contributed by atoms with Crippen LogP contribution in [-0.2, 0) is 0 Å². The Morgan fingerprint density at radius 1 is 1.05 bits per heavy atom. The van der Waals surface area contributed by atoms with Gasteiger partial charge in [-0.25, -0.2) is 4.68 Å². The van der Waals surface area contributed by atoms with Crippen molar-refractivity contribution in [2.75, 3.05) is 5.32 Å². The van der Waals surface area contributed by atoms with Gasteiger partial charge in [0, 0.05) is 11.4 Å². The minimum atomic E-state index is -0.155. The molecule has 110 valence electrons. The average molecular weight is 309 g/mol. The quantitative estimate of drug-likeness (QED) is 0.730. The zero-order valence-electron chi connectivity index (χ0n) is 12.0. The topological polar surface area (TPSA) is 49.8 Å². The molecule has 0 atom stereocenters. The molecule has 1 aromatic heterocycles. The van der Waals surface area contributed by atoms with Crippen LogP contribution in [-0.4, -0.2) is 14.8 Å². The Kier molecular flexibility index (Phi) is 3.89. The maximum Gasteiger partial charge on any atom is 0.281 e. The second kappa shape index (κ2) is 5.99. The van der Waals surface area contributed by atoms with Crippen molar-refractivity contribution >= 4 is 22.9 Å². The van der Waals surface area contributed by atoms with Crippen molar-refractivity contribution in [3.8, 4) is 5.69 Å². The molecular formula is C17H15N3OS. The lowest BCUT2D eigenvalue weighted by molar-refractivity contribution is 0.835. The summed E-state index contributed by atoms with van der Waals surface area (Å²) in [5.41, 5.74) is 2.71. The first-order chi connectivity index (χ1) is 10.7. The Hall–Kier alpha value is -2.66. The van der Waals surface area contributed by atoms with Gasteiger partial charge in [-0.1, -0.05) is 48.6 Å². The summed E-state index contributed by atoms with van der Waals surface area (Å²) in [6.45, 7) is 1.84. The van der Waals surface area contributed by atoms with E-state index >= 15 is 0 Å².